The molecule has 6 nitrogen and oxygen atoms in total. The van der Waals surface area contributed by atoms with Gasteiger partial charge in [0.2, 0.25) is 11.9 Å². The zero-order chi connectivity index (χ0) is 31.5. The average Bonchev–Trinajstić information content (AvgIpc) is 2.92. The number of amides is 2. The molecule has 0 aliphatic carbocycles. The molecule has 1 unspecified atom stereocenters. The molecule has 0 bridgehead atoms. The summed E-state index contributed by atoms with van der Waals surface area (Å²) in [7, 11) is 1.28. The minimum Gasteiger partial charge on any atom is -0.338 e. The van der Waals surface area contributed by atoms with Gasteiger partial charge in [0.25, 0.3) is 5.91 Å². The van der Waals surface area contributed by atoms with Crippen molar-refractivity contribution >= 4 is 40.1 Å². The van der Waals surface area contributed by atoms with E-state index in [1.54, 1.807) is 6.92 Å². The second kappa shape index (κ2) is 12.6. The number of carbonyl (C=O) groups is 2. The van der Waals surface area contributed by atoms with Gasteiger partial charge in [-0.15, -0.1) is 0 Å². The fourth-order valence-electron chi connectivity index (χ4n) is 4.59. The molecule has 1 atom stereocenters. The van der Waals surface area contributed by atoms with E-state index in [2.05, 4.69) is 15.3 Å². The Morgan fingerprint density at radius 3 is 2.12 bits per heavy atom. The molecular weight excluding hydrogens is 598 g/mol. The van der Waals surface area contributed by atoms with E-state index in [0.29, 0.717) is 17.8 Å². The van der Waals surface area contributed by atoms with E-state index >= 15 is 0 Å². The number of aryl methyl sites for hydroxylation is 1. The van der Waals surface area contributed by atoms with Crippen molar-refractivity contribution in [2.45, 2.75) is 44.6 Å². The van der Waals surface area contributed by atoms with Crippen LogP contribution in [0.3, 0.4) is 0 Å². The SMILES string of the molecule is Cc1cc(Cl)nc(NC(=O)CCC(Cc2ccc3ccccc3c2)N(C)C(=O)c2cc(C(F)(F)F)cc(C(F)(F)F)c2)n1. The largest absolute Gasteiger partial charge is 0.416 e. The highest BCUT2D eigenvalue weighted by atomic mass is 35.5. The molecule has 1 aromatic heterocycles. The molecule has 1 N–H and O–H groups in total. The predicted molar refractivity (Wildman–Crippen MR) is 150 cm³/mol. The Labute approximate surface area is 247 Å². The first kappa shape index (κ1) is 31.7. The van der Waals surface area contributed by atoms with Crippen molar-refractivity contribution in [2.24, 2.45) is 0 Å². The number of halogens is 7. The van der Waals surface area contributed by atoms with Gasteiger partial charge in [-0.2, -0.15) is 26.3 Å². The molecule has 4 aromatic rings. The first-order chi connectivity index (χ1) is 20.1. The van der Waals surface area contributed by atoms with Crippen LogP contribution in [0, 0.1) is 6.92 Å². The van der Waals surface area contributed by atoms with E-state index in [4.69, 9.17) is 11.6 Å². The lowest BCUT2D eigenvalue weighted by Gasteiger charge is -2.29. The second-order valence-electron chi connectivity index (χ2n) is 9.99. The van der Waals surface area contributed by atoms with Gasteiger partial charge in [0, 0.05) is 30.8 Å². The molecule has 226 valence electrons. The standard InChI is InChI=1S/C30H25ClF6N4O2/c1-17-11-25(31)39-28(38-17)40-26(42)10-9-24(13-18-7-8-19-5-3-4-6-20(19)12-18)41(2)27(43)21-14-22(29(32,33)34)16-23(15-21)30(35,36)37/h3-8,11-12,14-16,24H,9-10,13H2,1-2H3,(H,38,39,40,42). The van der Waals surface area contributed by atoms with E-state index in [1.165, 1.54) is 13.1 Å². The minimum absolute atomic E-state index is 0.0194. The van der Waals surface area contributed by atoms with Crippen molar-refractivity contribution in [2.75, 3.05) is 12.4 Å². The fourth-order valence-corrected chi connectivity index (χ4v) is 4.83. The van der Waals surface area contributed by atoms with Crippen molar-refractivity contribution in [3.05, 3.63) is 99.8 Å². The van der Waals surface area contributed by atoms with Crippen LogP contribution in [0.15, 0.2) is 66.7 Å². The molecule has 1 heterocycles. The number of fused-ring (bicyclic) bond motifs is 1. The third-order valence-corrected chi connectivity index (χ3v) is 6.96. The highest BCUT2D eigenvalue weighted by Gasteiger charge is 2.38. The van der Waals surface area contributed by atoms with E-state index in [-0.39, 0.29) is 36.4 Å². The summed E-state index contributed by atoms with van der Waals surface area (Å²) in [6.45, 7) is 1.65. The summed E-state index contributed by atoms with van der Waals surface area (Å²) < 4.78 is 80.7. The van der Waals surface area contributed by atoms with Crippen LogP contribution in [0.1, 0.15) is 45.6 Å². The number of hydrogen-bond donors (Lipinski definition) is 1. The Balaban J connectivity index is 1.63. The van der Waals surface area contributed by atoms with Gasteiger partial charge >= 0.3 is 12.4 Å². The summed E-state index contributed by atoms with van der Waals surface area (Å²) in [6.07, 6.45) is -10.2. The highest BCUT2D eigenvalue weighted by molar-refractivity contribution is 6.29. The maximum absolute atomic E-state index is 13.5. The molecule has 43 heavy (non-hydrogen) atoms. The van der Waals surface area contributed by atoms with Crippen LogP contribution in [0.5, 0.6) is 0 Å². The summed E-state index contributed by atoms with van der Waals surface area (Å²) >= 11 is 5.92. The molecule has 13 heteroatoms. The number of likely N-dealkylation sites (N-methyl/N-ethyl adjacent to an activating group) is 1. The lowest BCUT2D eigenvalue weighted by atomic mass is 9.97. The van der Waals surface area contributed by atoms with Crippen LogP contribution < -0.4 is 5.32 Å². The van der Waals surface area contributed by atoms with Gasteiger partial charge in [0.15, 0.2) is 0 Å². The van der Waals surface area contributed by atoms with Crippen LogP contribution in [0.25, 0.3) is 10.8 Å². The monoisotopic (exact) mass is 622 g/mol. The smallest absolute Gasteiger partial charge is 0.338 e. The number of carbonyl (C=O) groups excluding carboxylic acids is 2. The lowest BCUT2D eigenvalue weighted by Crippen LogP contribution is -2.39. The first-order valence-corrected chi connectivity index (χ1v) is 13.3. The molecule has 2 amide bonds. The van der Waals surface area contributed by atoms with Crippen LogP contribution in [-0.4, -0.2) is 39.8 Å². The molecule has 0 aliphatic heterocycles. The van der Waals surface area contributed by atoms with Gasteiger partial charge in [-0.1, -0.05) is 54.1 Å². The maximum Gasteiger partial charge on any atom is 0.416 e. The molecule has 0 aliphatic rings. The summed E-state index contributed by atoms with van der Waals surface area (Å²) in [5.41, 5.74) is -2.71. The summed E-state index contributed by atoms with van der Waals surface area (Å²) in [5, 5.41) is 4.47. The number of hydrogen-bond acceptors (Lipinski definition) is 4. The molecule has 3 aromatic carbocycles. The highest BCUT2D eigenvalue weighted by Crippen LogP contribution is 2.36. The van der Waals surface area contributed by atoms with Gasteiger partial charge in [-0.25, -0.2) is 9.97 Å². The Kier molecular flexibility index (Phi) is 9.29. The minimum atomic E-state index is -5.11. The maximum atomic E-state index is 13.5. The molecule has 0 radical (unpaired) electrons. The quantitative estimate of drug-likeness (QED) is 0.161. The number of aromatic nitrogens is 2. The van der Waals surface area contributed by atoms with Crippen molar-refractivity contribution in [3.63, 3.8) is 0 Å². The number of benzene rings is 3. The van der Waals surface area contributed by atoms with E-state index < -0.39 is 46.9 Å². The van der Waals surface area contributed by atoms with Gasteiger partial charge in [-0.05, 0) is 60.4 Å². The molecule has 0 spiro atoms. The Morgan fingerprint density at radius 2 is 1.51 bits per heavy atom. The molecule has 0 fully saturated rings. The number of alkyl halides is 6. The zero-order valence-corrected chi connectivity index (χ0v) is 23.6. The summed E-state index contributed by atoms with van der Waals surface area (Å²) in [4.78, 5) is 35.2. The van der Waals surface area contributed by atoms with Gasteiger partial charge in [0.1, 0.15) is 5.15 Å². The van der Waals surface area contributed by atoms with Crippen LogP contribution >= 0.6 is 11.6 Å². The van der Waals surface area contributed by atoms with Crippen LogP contribution in [0.2, 0.25) is 5.15 Å². The molecular formula is C30H25ClF6N4O2. The number of nitrogens with one attached hydrogen (secondary N) is 1. The van der Waals surface area contributed by atoms with E-state index in [1.807, 2.05) is 42.5 Å². The number of nitrogens with zero attached hydrogens (tertiary/aromatic N) is 3. The normalized spacial score (nSPS) is 12.7. The molecule has 0 saturated heterocycles. The average molecular weight is 623 g/mol. The molecule has 0 saturated carbocycles. The van der Waals surface area contributed by atoms with Crippen molar-refractivity contribution in [1.82, 2.24) is 14.9 Å². The fraction of sp³-hybridized carbons (Fsp3) is 0.267. The third kappa shape index (κ3) is 8.22. The first-order valence-electron chi connectivity index (χ1n) is 13.0. The van der Waals surface area contributed by atoms with Gasteiger partial charge in [0.05, 0.1) is 11.1 Å². The Morgan fingerprint density at radius 1 is 0.884 bits per heavy atom. The molecule has 4 rings (SSSR count). The summed E-state index contributed by atoms with van der Waals surface area (Å²) in [5.74, 6) is -1.62. The third-order valence-electron chi connectivity index (χ3n) is 6.77. The van der Waals surface area contributed by atoms with Crippen molar-refractivity contribution in [3.8, 4) is 0 Å². The lowest BCUT2D eigenvalue weighted by molar-refractivity contribution is -0.143. The summed E-state index contributed by atoms with van der Waals surface area (Å²) in [6, 6.07) is 14.5. The van der Waals surface area contributed by atoms with E-state index in [9.17, 15) is 35.9 Å². The van der Waals surface area contributed by atoms with E-state index in [0.717, 1.165) is 21.2 Å². The zero-order valence-electron chi connectivity index (χ0n) is 22.9. The van der Waals surface area contributed by atoms with Gasteiger partial charge < -0.3 is 4.90 Å². The second-order valence-corrected chi connectivity index (χ2v) is 10.4. The topological polar surface area (TPSA) is 75.2 Å². The Bertz CT molecular complexity index is 1610. The van der Waals surface area contributed by atoms with Crippen LogP contribution in [-0.2, 0) is 23.6 Å². The predicted octanol–water partition coefficient (Wildman–Crippen LogP) is 7.73. The number of anilines is 1. The van der Waals surface area contributed by atoms with Gasteiger partial charge in [-0.3, -0.25) is 14.9 Å². The Hall–Kier alpha value is -4.19. The van der Waals surface area contributed by atoms with Crippen molar-refractivity contribution < 1.29 is 35.9 Å². The van der Waals surface area contributed by atoms with Crippen LogP contribution in [0.4, 0.5) is 32.3 Å². The van der Waals surface area contributed by atoms with Crippen molar-refractivity contribution in [1.29, 1.82) is 0 Å². The number of rotatable bonds is 8.